The van der Waals surface area contributed by atoms with Crippen molar-refractivity contribution in [2.24, 2.45) is 0 Å². The Hall–Kier alpha value is 1.22. The van der Waals surface area contributed by atoms with Crippen molar-refractivity contribution in [3.8, 4) is 0 Å². The van der Waals surface area contributed by atoms with E-state index in [1.165, 1.54) is 0 Å². The third kappa shape index (κ3) is 14.5. The first-order chi connectivity index (χ1) is 17.3. The van der Waals surface area contributed by atoms with Crippen LogP contribution in [0.5, 0.6) is 0 Å². The highest BCUT2D eigenvalue weighted by molar-refractivity contribution is 6.91. The molecule has 13 nitrogen and oxygen atoms in total. The minimum absolute atomic E-state index is 1.57. The lowest BCUT2D eigenvalue weighted by Crippen LogP contribution is -2.74. The molecule has 39 heavy (non-hydrogen) atoms. The molecule has 0 fully saturated rings. The molecule has 0 saturated heterocycles. The fourth-order valence-electron chi connectivity index (χ4n) is 2.46. The van der Waals surface area contributed by atoms with Crippen molar-refractivity contribution in [3.05, 3.63) is 0 Å². The molecule has 0 rings (SSSR count). The van der Waals surface area contributed by atoms with Gasteiger partial charge in [0.25, 0.3) is 0 Å². The minimum Gasteiger partial charge on any atom is -0.398 e. The highest BCUT2D eigenvalue weighted by atomic mass is 28.6. The summed E-state index contributed by atoms with van der Waals surface area (Å²) in [7, 11) is -16.8. The molecule has 0 aromatic carbocycles. The maximum atomic E-state index is 6.92. The summed E-state index contributed by atoms with van der Waals surface area (Å²) in [5.41, 5.74) is 0. The fraction of sp³-hybridized carbons (Fsp3) is 1.00. The first kappa shape index (κ1) is 40.2. The molecule has 0 aliphatic heterocycles. The van der Waals surface area contributed by atoms with Gasteiger partial charge >= 0.3 is 69.5 Å². The third-order valence-corrected chi connectivity index (χ3v) is 31.1. The van der Waals surface area contributed by atoms with Gasteiger partial charge in [-0.05, 0) is 78.6 Å². The van der Waals surface area contributed by atoms with E-state index in [1.807, 2.05) is 78.6 Å². The van der Waals surface area contributed by atoms with Gasteiger partial charge in [0.2, 0.25) is 0 Å². The Kier molecular flexibility index (Phi) is 15.3. The molecule has 0 saturated carbocycles. The van der Waals surface area contributed by atoms with E-state index in [9.17, 15) is 0 Å². The predicted octanol–water partition coefficient (Wildman–Crippen LogP) is 4.06. The monoisotopic (exact) mass is 702 g/mol. The van der Waals surface area contributed by atoms with Gasteiger partial charge in [-0.1, -0.05) is 0 Å². The van der Waals surface area contributed by atoms with Gasteiger partial charge in [0.05, 0.1) is 0 Å². The maximum Gasteiger partial charge on any atom is 0.646 e. The summed E-state index contributed by atoms with van der Waals surface area (Å²) in [5.74, 6) is 0. The van der Waals surface area contributed by atoms with Crippen LogP contribution in [0.2, 0.25) is 78.6 Å². The molecule has 236 valence electrons. The van der Waals surface area contributed by atoms with Crippen molar-refractivity contribution in [1.29, 1.82) is 0 Å². The number of rotatable bonds is 20. The average molecular weight is 703 g/mol. The second-order valence-electron chi connectivity index (χ2n) is 11.3. The van der Waals surface area contributed by atoms with Crippen LogP contribution in [-0.4, -0.2) is 112 Å². The van der Waals surface area contributed by atoms with E-state index in [1.54, 1.807) is 42.7 Å². The average Bonchev–Trinajstić information content (AvgIpc) is 2.76. The fourth-order valence-corrected chi connectivity index (χ4v) is 26.6. The number of hydrogen-bond donors (Lipinski definition) is 0. The summed E-state index contributed by atoms with van der Waals surface area (Å²) in [6.45, 7) is 22.3. The lowest BCUT2D eigenvalue weighted by molar-refractivity contribution is 0.0283. The summed E-state index contributed by atoms with van der Waals surface area (Å²) >= 11 is 0. The van der Waals surface area contributed by atoms with Gasteiger partial charge in [-0.15, -0.1) is 0 Å². The van der Waals surface area contributed by atoms with Gasteiger partial charge in [-0.2, -0.15) is 0 Å². The van der Waals surface area contributed by atoms with Gasteiger partial charge in [0.1, 0.15) is 0 Å². The third-order valence-electron chi connectivity index (χ3n) is 5.42. The van der Waals surface area contributed by atoms with E-state index in [4.69, 9.17) is 55.4 Å². The van der Waals surface area contributed by atoms with Crippen LogP contribution < -0.4 is 0 Å². The summed E-state index contributed by atoms with van der Waals surface area (Å²) in [4.78, 5) is 0. The summed E-state index contributed by atoms with van der Waals surface area (Å²) in [6, 6.07) is 0. The second-order valence-corrected chi connectivity index (χ2v) is 38.3. The van der Waals surface area contributed by atoms with E-state index < -0.39 is 69.5 Å². The van der Waals surface area contributed by atoms with Crippen LogP contribution in [0.4, 0.5) is 0 Å². The van der Waals surface area contributed by atoms with Crippen molar-refractivity contribution in [2.45, 2.75) is 78.6 Å². The van der Waals surface area contributed by atoms with Crippen molar-refractivity contribution in [3.63, 3.8) is 0 Å². The Balaban J connectivity index is 7.62. The van der Waals surface area contributed by atoms with Gasteiger partial charge in [0, 0.05) is 42.7 Å². The predicted molar refractivity (Wildman–Crippen MR) is 166 cm³/mol. The van der Waals surface area contributed by atoms with E-state index in [-0.39, 0.29) is 0 Å². The second kappa shape index (κ2) is 14.8. The molecule has 0 bridgehead atoms. The molecule has 0 aliphatic carbocycles. The van der Waals surface area contributed by atoms with Gasteiger partial charge in [0.15, 0.2) is 0 Å². The summed E-state index contributed by atoms with van der Waals surface area (Å²) in [6.07, 6.45) is 0. The smallest absolute Gasteiger partial charge is 0.398 e. The standard InChI is InChI=1S/C18H54O13Si8/c1-19-32(7,8)25-38(26-33(9,10)20-2,27-34(11,12)21-3)31-39(28-35(13,14)22-4,29-36(15,16)23-5)30-37(17,18)24-6/h1-18H3. The summed E-state index contributed by atoms with van der Waals surface area (Å²) in [5, 5.41) is 0. The van der Waals surface area contributed by atoms with E-state index >= 15 is 0 Å². The lowest BCUT2D eigenvalue weighted by atomic mass is 11.8. The van der Waals surface area contributed by atoms with Crippen LogP contribution in [0.15, 0.2) is 0 Å². The highest BCUT2D eigenvalue weighted by Crippen LogP contribution is 2.35. The molecule has 0 aromatic heterocycles. The van der Waals surface area contributed by atoms with Crippen molar-refractivity contribution in [1.82, 2.24) is 0 Å². The van der Waals surface area contributed by atoms with E-state index in [2.05, 4.69) is 0 Å². The molecular weight excluding hydrogens is 649 g/mol. The Bertz CT molecular complexity index is 603. The van der Waals surface area contributed by atoms with Crippen LogP contribution in [0.3, 0.4) is 0 Å². The molecule has 0 spiro atoms. The first-order valence-corrected chi connectivity index (χ1v) is 32.7. The molecule has 0 aliphatic rings. The maximum absolute atomic E-state index is 6.92. The largest absolute Gasteiger partial charge is 0.646 e. The molecule has 0 radical (unpaired) electrons. The molecule has 0 unspecified atom stereocenters. The molecular formula is C18H54O13Si8. The summed E-state index contributed by atoms with van der Waals surface area (Å²) < 4.78 is 81.6. The van der Waals surface area contributed by atoms with Crippen LogP contribution in [0.1, 0.15) is 0 Å². The Morgan fingerprint density at radius 1 is 0.231 bits per heavy atom. The first-order valence-electron chi connectivity index (χ1n) is 12.5. The van der Waals surface area contributed by atoms with Crippen molar-refractivity contribution in [2.75, 3.05) is 42.7 Å². The SMILES string of the molecule is CO[Si](C)(C)O[Si](O[Si](C)(C)OC)(O[Si](C)(C)OC)O[Si](O[Si](C)(C)OC)(O[Si](C)(C)OC)O[Si](C)(C)OC. The van der Waals surface area contributed by atoms with E-state index in [0.717, 1.165) is 0 Å². The molecule has 0 amide bonds. The molecule has 0 heterocycles. The normalized spacial score (nSPS) is 15.2. The minimum atomic E-state index is -4.34. The van der Waals surface area contributed by atoms with Crippen LogP contribution in [0, 0.1) is 0 Å². The quantitative estimate of drug-likeness (QED) is 0.170. The lowest BCUT2D eigenvalue weighted by Gasteiger charge is -2.47. The van der Waals surface area contributed by atoms with Gasteiger partial charge < -0.3 is 55.4 Å². The Morgan fingerprint density at radius 2 is 0.359 bits per heavy atom. The topological polar surface area (TPSA) is 120 Å². The zero-order valence-corrected chi connectivity index (χ0v) is 35.3. The zero-order chi connectivity index (χ0) is 31.2. The van der Waals surface area contributed by atoms with Crippen LogP contribution in [0.25, 0.3) is 0 Å². The van der Waals surface area contributed by atoms with Crippen molar-refractivity contribution < 1.29 is 55.4 Å². The molecule has 0 aromatic rings. The highest BCUT2D eigenvalue weighted by Gasteiger charge is 2.68. The van der Waals surface area contributed by atoms with Crippen LogP contribution >= 0.6 is 0 Å². The zero-order valence-electron chi connectivity index (χ0n) is 27.3. The number of hydrogen-bond acceptors (Lipinski definition) is 13. The van der Waals surface area contributed by atoms with Gasteiger partial charge in [-0.3, -0.25) is 0 Å². The Labute approximate surface area is 245 Å². The molecule has 0 N–H and O–H groups in total. The van der Waals surface area contributed by atoms with E-state index in [0.29, 0.717) is 0 Å². The Morgan fingerprint density at radius 3 is 0.462 bits per heavy atom. The van der Waals surface area contributed by atoms with Crippen molar-refractivity contribution >= 4 is 69.5 Å². The molecule has 0 atom stereocenters. The molecule has 21 heteroatoms. The van der Waals surface area contributed by atoms with Gasteiger partial charge in [-0.25, -0.2) is 0 Å². The van der Waals surface area contributed by atoms with Crippen LogP contribution in [-0.2, 0) is 55.4 Å².